The van der Waals surface area contributed by atoms with E-state index in [0.29, 0.717) is 15.6 Å². The summed E-state index contributed by atoms with van der Waals surface area (Å²) in [5.74, 6) is -1.08. The number of hydrogen-bond donors (Lipinski definition) is 0. The summed E-state index contributed by atoms with van der Waals surface area (Å²) in [6.45, 7) is 0. The summed E-state index contributed by atoms with van der Waals surface area (Å²) in [5, 5.41) is 0.659. The number of halogens is 3. The molecule has 0 bridgehead atoms. The van der Waals surface area contributed by atoms with E-state index >= 15 is 0 Å². The average Bonchev–Trinajstić information content (AvgIpc) is 2.36. The van der Waals surface area contributed by atoms with Gasteiger partial charge in [-0.05, 0) is 23.8 Å². The fraction of sp³-hybridized carbons (Fsp3) is 0.143. The fourth-order valence-electron chi connectivity index (χ4n) is 1.79. The molecule has 0 saturated carbocycles. The molecule has 0 saturated heterocycles. The summed E-state index contributed by atoms with van der Waals surface area (Å²) in [6, 6.07) is 10.5. The number of benzene rings is 2. The van der Waals surface area contributed by atoms with E-state index in [9.17, 15) is 12.8 Å². The molecule has 0 unspecified atom stereocenters. The molecule has 0 N–H and O–H groups in total. The van der Waals surface area contributed by atoms with Crippen molar-refractivity contribution >= 4 is 33.0 Å². The highest BCUT2D eigenvalue weighted by Crippen LogP contribution is 2.24. The molecular formula is C14H11Cl2FO2S. The third-order valence-electron chi connectivity index (χ3n) is 2.70. The van der Waals surface area contributed by atoms with Crippen LogP contribution in [0.3, 0.4) is 0 Å². The minimum absolute atomic E-state index is 0.160. The van der Waals surface area contributed by atoms with E-state index in [-0.39, 0.29) is 17.1 Å². The van der Waals surface area contributed by atoms with Gasteiger partial charge in [-0.25, -0.2) is 12.8 Å². The van der Waals surface area contributed by atoms with Crippen LogP contribution in [-0.2, 0) is 21.3 Å². The SMILES string of the molecule is O=S(=O)(Cc1ccc(Cl)c(Cl)c1)Cc1ccccc1F. The van der Waals surface area contributed by atoms with Gasteiger partial charge in [0.2, 0.25) is 0 Å². The second kappa shape index (κ2) is 6.12. The lowest BCUT2D eigenvalue weighted by molar-refractivity contribution is 0.586. The monoisotopic (exact) mass is 332 g/mol. The van der Waals surface area contributed by atoms with Gasteiger partial charge in [-0.2, -0.15) is 0 Å². The predicted octanol–water partition coefficient (Wildman–Crippen LogP) is 4.25. The zero-order valence-corrected chi connectivity index (χ0v) is 12.6. The molecule has 0 aliphatic carbocycles. The lowest BCUT2D eigenvalue weighted by atomic mass is 10.2. The summed E-state index contributed by atoms with van der Waals surface area (Å²) in [7, 11) is -3.48. The standard InChI is InChI=1S/C14H11Cl2FO2S/c15-12-6-5-10(7-13(12)16)8-20(18,19)9-11-3-1-2-4-14(11)17/h1-7H,8-9H2. The van der Waals surface area contributed by atoms with Crippen molar-refractivity contribution in [3.05, 3.63) is 69.5 Å². The second-order valence-electron chi connectivity index (χ2n) is 4.37. The van der Waals surface area contributed by atoms with Crippen molar-refractivity contribution in [3.8, 4) is 0 Å². The van der Waals surface area contributed by atoms with Crippen LogP contribution >= 0.6 is 23.2 Å². The van der Waals surface area contributed by atoms with Crippen molar-refractivity contribution in [2.45, 2.75) is 11.5 Å². The van der Waals surface area contributed by atoms with Crippen LogP contribution < -0.4 is 0 Å². The van der Waals surface area contributed by atoms with Gasteiger partial charge in [0.25, 0.3) is 0 Å². The number of hydrogen-bond acceptors (Lipinski definition) is 2. The third kappa shape index (κ3) is 3.95. The summed E-state index contributed by atoms with van der Waals surface area (Å²) in [6.07, 6.45) is 0. The molecule has 0 atom stereocenters. The maximum absolute atomic E-state index is 13.5. The predicted molar refractivity (Wildman–Crippen MR) is 79.2 cm³/mol. The highest BCUT2D eigenvalue weighted by Gasteiger charge is 2.16. The minimum Gasteiger partial charge on any atom is -0.228 e. The fourth-order valence-corrected chi connectivity index (χ4v) is 3.60. The maximum Gasteiger partial charge on any atom is 0.158 e. The summed E-state index contributed by atoms with van der Waals surface area (Å²) < 4.78 is 37.6. The van der Waals surface area contributed by atoms with E-state index in [1.54, 1.807) is 12.1 Å². The molecule has 6 heteroatoms. The van der Waals surface area contributed by atoms with E-state index in [4.69, 9.17) is 23.2 Å². The zero-order valence-electron chi connectivity index (χ0n) is 10.3. The molecule has 0 amide bonds. The molecule has 20 heavy (non-hydrogen) atoms. The molecule has 2 nitrogen and oxygen atoms in total. The molecule has 2 aromatic carbocycles. The van der Waals surface area contributed by atoms with Crippen LogP contribution in [0, 0.1) is 5.82 Å². The molecule has 0 spiro atoms. The molecule has 0 fully saturated rings. The van der Waals surface area contributed by atoms with Crippen molar-refractivity contribution in [1.29, 1.82) is 0 Å². The van der Waals surface area contributed by atoms with Gasteiger partial charge >= 0.3 is 0 Å². The van der Waals surface area contributed by atoms with Gasteiger partial charge < -0.3 is 0 Å². The van der Waals surface area contributed by atoms with E-state index in [2.05, 4.69) is 0 Å². The Kier molecular flexibility index (Phi) is 4.68. The Balaban J connectivity index is 2.19. The minimum atomic E-state index is -3.48. The molecular weight excluding hydrogens is 322 g/mol. The van der Waals surface area contributed by atoms with Gasteiger partial charge in [0.15, 0.2) is 9.84 Å². The quantitative estimate of drug-likeness (QED) is 0.838. The first-order chi connectivity index (χ1) is 9.37. The maximum atomic E-state index is 13.5. The lowest BCUT2D eigenvalue weighted by Crippen LogP contribution is -2.08. The van der Waals surface area contributed by atoms with Crippen molar-refractivity contribution in [1.82, 2.24) is 0 Å². The molecule has 0 heterocycles. The van der Waals surface area contributed by atoms with Crippen molar-refractivity contribution in [2.24, 2.45) is 0 Å². The molecule has 2 rings (SSSR count). The average molecular weight is 333 g/mol. The first kappa shape index (κ1) is 15.3. The van der Waals surface area contributed by atoms with E-state index in [1.807, 2.05) is 0 Å². The lowest BCUT2D eigenvalue weighted by Gasteiger charge is -2.07. The summed E-state index contributed by atoms with van der Waals surface area (Å²) in [5.41, 5.74) is 0.684. The topological polar surface area (TPSA) is 34.1 Å². The van der Waals surface area contributed by atoms with Gasteiger partial charge in [-0.3, -0.25) is 0 Å². The number of sulfone groups is 1. The Labute approximate surface area is 127 Å². The van der Waals surface area contributed by atoms with Gasteiger partial charge in [0.1, 0.15) is 5.82 Å². The Morgan fingerprint density at radius 3 is 2.30 bits per heavy atom. The molecule has 0 aromatic heterocycles. The van der Waals surface area contributed by atoms with Crippen LogP contribution in [0.5, 0.6) is 0 Å². The Hall–Kier alpha value is -1.10. The van der Waals surface area contributed by atoms with E-state index in [1.165, 1.54) is 30.3 Å². The van der Waals surface area contributed by atoms with Crippen LogP contribution in [0.2, 0.25) is 10.0 Å². The Morgan fingerprint density at radius 2 is 1.65 bits per heavy atom. The smallest absolute Gasteiger partial charge is 0.158 e. The van der Waals surface area contributed by atoms with Crippen LogP contribution in [0.4, 0.5) is 4.39 Å². The Bertz CT molecular complexity index is 730. The normalized spacial score (nSPS) is 11.6. The molecule has 0 aliphatic rings. The van der Waals surface area contributed by atoms with Crippen LogP contribution in [0.15, 0.2) is 42.5 Å². The first-order valence-electron chi connectivity index (χ1n) is 5.75. The van der Waals surface area contributed by atoms with Crippen molar-refractivity contribution < 1.29 is 12.8 Å². The van der Waals surface area contributed by atoms with Gasteiger partial charge in [-0.15, -0.1) is 0 Å². The van der Waals surface area contributed by atoms with Gasteiger partial charge in [-0.1, -0.05) is 47.5 Å². The Morgan fingerprint density at radius 1 is 0.950 bits per heavy atom. The van der Waals surface area contributed by atoms with Gasteiger partial charge in [0, 0.05) is 5.56 Å². The van der Waals surface area contributed by atoms with Crippen LogP contribution in [0.1, 0.15) is 11.1 Å². The molecule has 2 aromatic rings. The van der Waals surface area contributed by atoms with Crippen molar-refractivity contribution in [3.63, 3.8) is 0 Å². The van der Waals surface area contributed by atoms with Crippen LogP contribution in [-0.4, -0.2) is 8.42 Å². The van der Waals surface area contributed by atoms with E-state index in [0.717, 1.165) is 0 Å². The first-order valence-corrected chi connectivity index (χ1v) is 8.33. The molecule has 0 radical (unpaired) electrons. The molecule has 0 aliphatic heterocycles. The largest absolute Gasteiger partial charge is 0.228 e. The molecule has 106 valence electrons. The summed E-state index contributed by atoms with van der Waals surface area (Å²) in [4.78, 5) is 0. The highest BCUT2D eigenvalue weighted by atomic mass is 35.5. The van der Waals surface area contributed by atoms with Gasteiger partial charge in [0.05, 0.1) is 21.6 Å². The van der Waals surface area contributed by atoms with Crippen molar-refractivity contribution in [2.75, 3.05) is 0 Å². The van der Waals surface area contributed by atoms with Crippen LogP contribution in [0.25, 0.3) is 0 Å². The third-order valence-corrected chi connectivity index (χ3v) is 4.97. The number of rotatable bonds is 4. The summed E-state index contributed by atoms with van der Waals surface area (Å²) >= 11 is 11.6. The zero-order chi connectivity index (χ0) is 14.8. The van der Waals surface area contributed by atoms with E-state index < -0.39 is 15.7 Å². The highest BCUT2D eigenvalue weighted by molar-refractivity contribution is 7.89. The second-order valence-corrected chi connectivity index (χ2v) is 7.25.